The van der Waals surface area contributed by atoms with E-state index in [0.29, 0.717) is 54.7 Å². The van der Waals surface area contributed by atoms with Gasteiger partial charge in [0.15, 0.2) is 12.0 Å². The van der Waals surface area contributed by atoms with Gasteiger partial charge >= 0.3 is 0 Å². The lowest BCUT2D eigenvalue weighted by Crippen LogP contribution is -2.45. The molecule has 1 atom stereocenters. The van der Waals surface area contributed by atoms with Crippen LogP contribution in [0.2, 0.25) is 0 Å². The number of carbonyl (C=O) groups is 1. The number of amides is 1. The van der Waals surface area contributed by atoms with Gasteiger partial charge in [-0.15, -0.1) is 0 Å². The lowest BCUT2D eigenvalue weighted by atomic mass is 10.1. The fourth-order valence-corrected chi connectivity index (χ4v) is 4.41. The first-order valence-corrected chi connectivity index (χ1v) is 11.5. The lowest BCUT2D eigenvalue weighted by molar-refractivity contribution is -0.139. The Hall–Kier alpha value is -2.91. The Morgan fingerprint density at radius 3 is 2.79 bits per heavy atom. The van der Waals surface area contributed by atoms with Crippen molar-refractivity contribution in [1.82, 2.24) is 19.4 Å². The second kappa shape index (κ2) is 9.15. The van der Waals surface area contributed by atoms with E-state index in [0.717, 1.165) is 30.2 Å². The van der Waals surface area contributed by atoms with Gasteiger partial charge in [0.1, 0.15) is 23.7 Å². The number of piperidine rings is 1. The molecule has 3 N–H and O–H groups in total. The number of nitrogen functional groups attached to an aromatic ring is 1. The monoisotopic (exact) mass is 455 g/mol. The topological polar surface area (TPSA) is 116 Å². The minimum absolute atomic E-state index is 0.0157. The molecule has 9 heteroatoms. The number of fused-ring (bicyclic) bond motifs is 3. The van der Waals surface area contributed by atoms with Gasteiger partial charge in [0.25, 0.3) is 0 Å². The van der Waals surface area contributed by atoms with Crippen LogP contribution in [-0.2, 0) is 22.7 Å². The van der Waals surface area contributed by atoms with Gasteiger partial charge in [-0.05, 0) is 45.7 Å². The standard InChI is InChI=1S/C24H33N5O4/c1-5-32-13-19-27-21-22(29(19)14-24(3,4)31)17-10-9-16(12-18(17)26-23(21)25)33-20-8-6-7-11-28(20)15(2)30/h9-10,12,20,31H,5-8,11,13-14H2,1-4H3,(H2,25,26). The first-order chi connectivity index (χ1) is 15.7. The van der Waals surface area contributed by atoms with Gasteiger partial charge in [-0.3, -0.25) is 4.79 Å². The minimum atomic E-state index is -0.959. The van der Waals surface area contributed by atoms with Gasteiger partial charge in [-0.1, -0.05) is 0 Å². The van der Waals surface area contributed by atoms with Gasteiger partial charge < -0.3 is 29.8 Å². The number of aliphatic hydroxyl groups is 1. The first-order valence-electron chi connectivity index (χ1n) is 11.5. The van der Waals surface area contributed by atoms with Crippen molar-refractivity contribution in [2.45, 2.75) is 71.9 Å². The molecule has 33 heavy (non-hydrogen) atoms. The van der Waals surface area contributed by atoms with E-state index < -0.39 is 5.60 Å². The van der Waals surface area contributed by atoms with E-state index >= 15 is 0 Å². The molecule has 0 spiro atoms. The molecule has 1 unspecified atom stereocenters. The summed E-state index contributed by atoms with van der Waals surface area (Å²) in [7, 11) is 0. The predicted molar refractivity (Wildman–Crippen MR) is 127 cm³/mol. The molecule has 0 aliphatic carbocycles. The van der Waals surface area contributed by atoms with Crippen molar-refractivity contribution in [3.05, 3.63) is 24.0 Å². The molecular weight excluding hydrogens is 422 g/mol. The van der Waals surface area contributed by atoms with E-state index in [1.54, 1.807) is 25.7 Å². The molecule has 1 fully saturated rings. The molecule has 3 heterocycles. The Kier molecular flexibility index (Phi) is 6.45. The van der Waals surface area contributed by atoms with Crippen LogP contribution in [0.25, 0.3) is 21.9 Å². The van der Waals surface area contributed by atoms with E-state index in [2.05, 4.69) is 4.98 Å². The zero-order valence-corrected chi connectivity index (χ0v) is 19.8. The fraction of sp³-hybridized carbons (Fsp3) is 0.542. The maximum atomic E-state index is 12.0. The molecule has 0 radical (unpaired) electrons. The number of imidazole rings is 1. The molecule has 178 valence electrons. The molecule has 3 aromatic rings. The van der Waals surface area contributed by atoms with Crippen molar-refractivity contribution < 1.29 is 19.4 Å². The number of ether oxygens (including phenoxy) is 2. The number of nitrogens with two attached hydrogens (primary N) is 1. The van der Waals surface area contributed by atoms with Crippen molar-refractivity contribution in [1.29, 1.82) is 0 Å². The molecule has 0 saturated carbocycles. The summed E-state index contributed by atoms with van der Waals surface area (Å²) in [5.74, 6) is 1.65. The van der Waals surface area contributed by atoms with Crippen molar-refractivity contribution in [2.24, 2.45) is 0 Å². The first kappa shape index (κ1) is 23.3. The number of benzene rings is 1. The quantitative estimate of drug-likeness (QED) is 0.562. The summed E-state index contributed by atoms with van der Waals surface area (Å²) < 4.78 is 13.8. The number of aromatic nitrogens is 3. The van der Waals surface area contributed by atoms with Gasteiger partial charge in [0.2, 0.25) is 5.91 Å². The molecule has 2 aromatic heterocycles. The second-order valence-electron chi connectivity index (χ2n) is 9.22. The average Bonchev–Trinajstić information content (AvgIpc) is 3.10. The highest BCUT2D eigenvalue weighted by Gasteiger charge is 2.27. The third-order valence-electron chi connectivity index (χ3n) is 5.86. The minimum Gasteiger partial charge on any atom is -0.470 e. The van der Waals surface area contributed by atoms with Crippen molar-refractivity contribution in [2.75, 3.05) is 18.9 Å². The highest BCUT2D eigenvalue weighted by atomic mass is 16.5. The molecule has 1 amide bonds. The van der Waals surface area contributed by atoms with E-state index in [1.807, 2.05) is 29.7 Å². The number of rotatable bonds is 7. The summed E-state index contributed by atoms with van der Waals surface area (Å²) in [6.07, 6.45) is 2.52. The molecule has 1 aliphatic heterocycles. The average molecular weight is 456 g/mol. The summed E-state index contributed by atoms with van der Waals surface area (Å²) in [4.78, 5) is 23.1. The van der Waals surface area contributed by atoms with E-state index in [1.165, 1.54) is 0 Å². The number of anilines is 1. The van der Waals surface area contributed by atoms with Crippen molar-refractivity contribution in [3.63, 3.8) is 0 Å². The summed E-state index contributed by atoms with van der Waals surface area (Å²) in [5, 5.41) is 11.4. The number of hydrogen-bond donors (Lipinski definition) is 2. The Bertz CT molecular complexity index is 1170. The third-order valence-corrected chi connectivity index (χ3v) is 5.86. The van der Waals surface area contributed by atoms with Crippen LogP contribution >= 0.6 is 0 Å². The Balaban J connectivity index is 1.78. The predicted octanol–water partition coefficient (Wildman–Crippen LogP) is 3.21. The lowest BCUT2D eigenvalue weighted by Gasteiger charge is -2.34. The van der Waals surface area contributed by atoms with Crippen LogP contribution in [0.5, 0.6) is 5.75 Å². The maximum Gasteiger partial charge on any atom is 0.222 e. The van der Waals surface area contributed by atoms with E-state index in [4.69, 9.17) is 20.2 Å². The summed E-state index contributed by atoms with van der Waals surface area (Å²) >= 11 is 0. The van der Waals surface area contributed by atoms with Gasteiger partial charge in [-0.25, -0.2) is 9.97 Å². The Morgan fingerprint density at radius 2 is 2.09 bits per heavy atom. The van der Waals surface area contributed by atoms with Gasteiger partial charge in [0.05, 0.1) is 23.2 Å². The maximum absolute atomic E-state index is 12.0. The van der Waals surface area contributed by atoms with Crippen LogP contribution in [-0.4, -0.2) is 55.4 Å². The van der Waals surface area contributed by atoms with Crippen LogP contribution in [0.1, 0.15) is 52.8 Å². The highest BCUT2D eigenvalue weighted by Crippen LogP contribution is 2.33. The van der Waals surface area contributed by atoms with Crippen LogP contribution in [0.4, 0.5) is 5.82 Å². The molecule has 1 aliphatic rings. The SMILES string of the molecule is CCOCc1nc2c(N)nc3cc(OC4CCCCN4C(C)=O)ccc3c2n1CC(C)(C)O. The number of carbonyl (C=O) groups excluding carboxylic acids is 1. The number of nitrogens with zero attached hydrogens (tertiary/aromatic N) is 4. The fourth-order valence-electron chi connectivity index (χ4n) is 4.41. The molecule has 9 nitrogen and oxygen atoms in total. The zero-order valence-electron chi connectivity index (χ0n) is 19.8. The number of pyridine rings is 1. The summed E-state index contributed by atoms with van der Waals surface area (Å²) in [5.41, 5.74) is 7.42. The smallest absolute Gasteiger partial charge is 0.222 e. The van der Waals surface area contributed by atoms with Crippen LogP contribution in [0.15, 0.2) is 18.2 Å². The van der Waals surface area contributed by atoms with E-state index in [-0.39, 0.29) is 12.1 Å². The number of likely N-dealkylation sites (tertiary alicyclic amines) is 1. The number of hydrogen-bond acceptors (Lipinski definition) is 7. The van der Waals surface area contributed by atoms with Crippen molar-refractivity contribution in [3.8, 4) is 5.75 Å². The van der Waals surface area contributed by atoms with Crippen LogP contribution < -0.4 is 10.5 Å². The molecule has 4 rings (SSSR count). The van der Waals surface area contributed by atoms with Crippen LogP contribution in [0, 0.1) is 0 Å². The molecule has 1 aromatic carbocycles. The van der Waals surface area contributed by atoms with E-state index in [9.17, 15) is 9.90 Å². The zero-order chi connectivity index (χ0) is 23.8. The molecule has 1 saturated heterocycles. The van der Waals surface area contributed by atoms with Gasteiger partial charge in [-0.2, -0.15) is 0 Å². The Labute approximate surface area is 193 Å². The van der Waals surface area contributed by atoms with Gasteiger partial charge in [0, 0.05) is 37.9 Å². The molecular formula is C24H33N5O4. The summed E-state index contributed by atoms with van der Waals surface area (Å²) in [6.45, 7) is 8.92. The second-order valence-corrected chi connectivity index (χ2v) is 9.22. The molecule has 0 bridgehead atoms. The Morgan fingerprint density at radius 1 is 1.30 bits per heavy atom. The largest absolute Gasteiger partial charge is 0.470 e. The third kappa shape index (κ3) is 4.89. The highest BCUT2D eigenvalue weighted by molar-refractivity contribution is 6.07. The van der Waals surface area contributed by atoms with Crippen molar-refractivity contribution >= 4 is 33.7 Å². The van der Waals surface area contributed by atoms with Crippen LogP contribution in [0.3, 0.4) is 0 Å². The normalized spacial score (nSPS) is 17.1. The summed E-state index contributed by atoms with van der Waals surface area (Å²) in [6, 6.07) is 5.67.